The smallest absolute Gasteiger partial charge is 0.317 e. The molecule has 130 valence electrons. The summed E-state index contributed by atoms with van der Waals surface area (Å²) in [5.74, 6) is 1.67. The SMILES string of the molecule is Cc1cc(CNC(=O)N(C)[C@@H](C)c2ccc([S@@](C)=O)cc2)c(C)o1. The van der Waals surface area contributed by atoms with Gasteiger partial charge in [-0.15, -0.1) is 0 Å². The first-order valence-electron chi connectivity index (χ1n) is 7.79. The van der Waals surface area contributed by atoms with Crippen LogP contribution < -0.4 is 5.32 Å². The molecule has 0 aliphatic carbocycles. The largest absolute Gasteiger partial charge is 0.466 e. The Morgan fingerprint density at radius 1 is 1.29 bits per heavy atom. The number of nitrogens with one attached hydrogen (secondary N) is 1. The molecular weight excluding hydrogens is 324 g/mol. The van der Waals surface area contributed by atoms with Crippen LogP contribution >= 0.6 is 0 Å². The second-order valence-electron chi connectivity index (χ2n) is 5.91. The van der Waals surface area contributed by atoms with Crippen LogP contribution in [-0.2, 0) is 17.3 Å². The molecule has 6 heteroatoms. The molecule has 2 rings (SSSR count). The van der Waals surface area contributed by atoms with E-state index in [1.54, 1.807) is 18.2 Å². The third-order valence-electron chi connectivity index (χ3n) is 4.17. The zero-order chi connectivity index (χ0) is 17.9. The number of carbonyl (C=O) groups is 1. The van der Waals surface area contributed by atoms with Crippen molar-refractivity contribution in [3.8, 4) is 0 Å². The van der Waals surface area contributed by atoms with E-state index in [1.165, 1.54) is 0 Å². The van der Waals surface area contributed by atoms with Crippen LogP contribution in [0, 0.1) is 13.8 Å². The first-order chi connectivity index (χ1) is 11.3. The first kappa shape index (κ1) is 18.3. The standard InChI is InChI=1S/C18H24N2O3S/c1-12-10-16(14(3)23-12)11-19-18(21)20(4)13(2)15-6-8-17(9-7-15)24(5)22/h6-10,13H,11H2,1-5H3,(H,19,21)/t13-,24+/m0/s1. The summed E-state index contributed by atoms with van der Waals surface area (Å²) in [6, 6.07) is 9.20. The Morgan fingerprint density at radius 2 is 1.92 bits per heavy atom. The van der Waals surface area contributed by atoms with Gasteiger partial charge in [0.15, 0.2) is 0 Å². The van der Waals surface area contributed by atoms with Crippen molar-refractivity contribution in [1.29, 1.82) is 0 Å². The van der Waals surface area contributed by atoms with Crippen molar-refractivity contribution in [2.24, 2.45) is 0 Å². The topological polar surface area (TPSA) is 62.6 Å². The summed E-state index contributed by atoms with van der Waals surface area (Å²) >= 11 is 0. The van der Waals surface area contributed by atoms with Gasteiger partial charge in [-0.2, -0.15) is 0 Å². The van der Waals surface area contributed by atoms with E-state index in [0.29, 0.717) is 6.54 Å². The average molecular weight is 348 g/mol. The number of benzene rings is 1. The second-order valence-corrected chi connectivity index (χ2v) is 7.29. The Kier molecular flexibility index (Phi) is 5.83. The molecule has 1 aromatic carbocycles. The molecule has 24 heavy (non-hydrogen) atoms. The quantitative estimate of drug-likeness (QED) is 0.899. The van der Waals surface area contributed by atoms with Crippen LogP contribution in [0.25, 0.3) is 0 Å². The molecule has 0 unspecified atom stereocenters. The van der Waals surface area contributed by atoms with Crippen molar-refractivity contribution < 1.29 is 13.4 Å². The molecule has 0 saturated heterocycles. The lowest BCUT2D eigenvalue weighted by Gasteiger charge is -2.25. The van der Waals surface area contributed by atoms with Crippen molar-refractivity contribution in [3.63, 3.8) is 0 Å². The Hall–Kier alpha value is -2.08. The number of carbonyl (C=O) groups excluding carboxylic acids is 1. The van der Waals surface area contributed by atoms with Gasteiger partial charge in [0.2, 0.25) is 0 Å². The van der Waals surface area contributed by atoms with Crippen LogP contribution in [-0.4, -0.2) is 28.4 Å². The molecule has 1 N–H and O–H groups in total. The van der Waals surface area contributed by atoms with Crippen LogP contribution in [0.5, 0.6) is 0 Å². The molecule has 0 spiro atoms. The Labute approximate surface area is 145 Å². The minimum absolute atomic E-state index is 0.0866. The third-order valence-corrected chi connectivity index (χ3v) is 5.11. The first-order valence-corrected chi connectivity index (χ1v) is 9.35. The summed E-state index contributed by atoms with van der Waals surface area (Å²) in [4.78, 5) is 14.8. The minimum Gasteiger partial charge on any atom is -0.466 e. The van der Waals surface area contributed by atoms with Gasteiger partial charge in [0.25, 0.3) is 0 Å². The number of hydrogen-bond donors (Lipinski definition) is 1. The summed E-state index contributed by atoms with van der Waals surface area (Å²) in [6.07, 6.45) is 1.65. The summed E-state index contributed by atoms with van der Waals surface area (Å²) in [6.45, 7) is 6.18. The summed E-state index contributed by atoms with van der Waals surface area (Å²) in [5.41, 5.74) is 1.98. The number of nitrogens with zero attached hydrogens (tertiary/aromatic N) is 1. The summed E-state index contributed by atoms with van der Waals surface area (Å²) in [7, 11) is 0.767. The molecule has 2 aromatic rings. The molecule has 0 aliphatic rings. The van der Waals surface area contributed by atoms with Crippen LogP contribution in [0.3, 0.4) is 0 Å². The number of furan rings is 1. The van der Waals surface area contributed by atoms with Crippen LogP contribution in [0.15, 0.2) is 39.6 Å². The van der Waals surface area contributed by atoms with E-state index >= 15 is 0 Å². The molecule has 5 nitrogen and oxygen atoms in total. The normalized spacial score (nSPS) is 13.4. The van der Waals surface area contributed by atoms with E-state index in [0.717, 1.165) is 27.5 Å². The molecule has 0 saturated carbocycles. The summed E-state index contributed by atoms with van der Waals surface area (Å²) in [5, 5.41) is 2.91. The molecule has 2 amide bonds. The van der Waals surface area contributed by atoms with Gasteiger partial charge < -0.3 is 14.6 Å². The number of hydrogen-bond acceptors (Lipinski definition) is 3. The molecule has 0 aliphatic heterocycles. The fraction of sp³-hybridized carbons (Fsp3) is 0.389. The van der Waals surface area contributed by atoms with E-state index in [-0.39, 0.29) is 12.1 Å². The van der Waals surface area contributed by atoms with Gasteiger partial charge in [0.05, 0.1) is 6.04 Å². The third kappa shape index (κ3) is 4.26. The van der Waals surface area contributed by atoms with Crippen molar-refractivity contribution in [3.05, 3.63) is 53.0 Å². The number of amides is 2. The number of rotatable bonds is 5. The Morgan fingerprint density at radius 3 is 2.42 bits per heavy atom. The monoisotopic (exact) mass is 348 g/mol. The second kappa shape index (κ2) is 7.66. The molecule has 2 atom stereocenters. The lowest BCUT2D eigenvalue weighted by molar-refractivity contribution is 0.194. The van der Waals surface area contributed by atoms with Crippen molar-refractivity contribution in [1.82, 2.24) is 10.2 Å². The van der Waals surface area contributed by atoms with E-state index in [2.05, 4.69) is 5.32 Å². The lowest BCUT2D eigenvalue weighted by Crippen LogP contribution is -2.38. The average Bonchev–Trinajstić information content (AvgIpc) is 2.88. The lowest BCUT2D eigenvalue weighted by atomic mass is 10.1. The van der Waals surface area contributed by atoms with Gasteiger partial charge in [-0.25, -0.2) is 4.79 Å². The van der Waals surface area contributed by atoms with Gasteiger partial charge >= 0.3 is 6.03 Å². The predicted molar refractivity (Wildman–Crippen MR) is 95.4 cm³/mol. The molecule has 0 radical (unpaired) electrons. The maximum absolute atomic E-state index is 12.4. The van der Waals surface area contributed by atoms with Crippen LogP contribution in [0.4, 0.5) is 4.79 Å². The van der Waals surface area contributed by atoms with Gasteiger partial charge in [0.1, 0.15) is 11.5 Å². The van der Waals surface area contributed by atoms with E-state index in [1.807, 2.05) is 51.1 Å². The van der Waals surface area contributed by atoms with Crippen LogP contribution in [0.1, 0.15) is 35.6 Å². The van der Waals surface area contributed by atoms with Gasteiger partial charge in [-0.1, -0.05) is 12.1 Å². The highest BCUT2D eigenvalue weighted by Crippen LogP contribution is 2.20. The number of urea groups is 1. The maximum atomic E-state index is 12.4. The predicted octanol–water partition coefficient (Wildman–Crippen LogP) is 3.54. The number of aryl methyl sites for hydroxylation is 2. The maximum Gasteiger partial charge on any atom is 0.317 e. The van der Waals surface area contributed by atoms with Crippen molar-refractivity contribution in [2.45, 2.75) is 38.3 Å². The highest BCUT2D eigenvalue weighted by Gasteiger charge is 2.18. The van der Waals surface area contributed by atoms with E-state index in [4.69, 9.17) is 4.42 Å². The molecule has 0 fully saturated rings. The highest BCUT2D eigenvalue weighted by atomic mass is 32.2. The van der Waals surface area contributed by atoms with Gasteiger partial charge in [-0.05, 0) is 44.5 Å². The van der Waals surface area contributed by atoms with Crippen LogP contribution in [0.2, 0.25) is 0 Å². The zero-order valence-electron chi connectivity index (χ0n) is 14.8. The molecule has 0 bridgehead atoms. The van der Waals surface area contributed by atoms with Gasteiger partial charge in [-0.3, -0.25) is 4.21 Å². The Balaban J connectivity index is 1.98. The molecular formula is C18H24N2O3S. The zero-order valence-corrected chi connectivity index (χ0v) is 15.6. The van der Waals surface area contributed by atoms with E-state index < -0.39 is 10.8 Å². The Bertz CT molecular complexity index is 737. The summed E-state index contributed by atoms with van der Waals surface area (Å²) < 4.78 is 16.9. The van der Waals surface area contributed by atoms with Gasteiger partial charge in [0, 0.05) is 41.1 Å². The van der Waals surface area contributed by atoms with Crippen molar-refractivity contribution in [2.75, 3.05) is 13.3 Å². The molecule has 1 heterocycles. The molecule has 1 aromatic heterocycles. The van der Waals surface area contributed by atoms with Crippen molar-refractivity contribution >= 4 is 16.8 Å². The highest BCUT2D eigenvalue weighted by molar-refractivity contribution is 7.84. The minimum atomic E-state index is -0.996. The fourth-order valence-electron chi connectivity index (χ4n) is 2.49. The van der Waals surface area contributed by atoms with E-state index in [9.17, 15) is 9.00 Å². The fourth-order valence-corrected chi connectivity index (χ4v) is 3.01.